The minimum atomic E-state index is -0.102. The molecule has 3 nitrogen and oxygen atoms in total. The molecule has 0 saturated carbocycles. The van der Waals surface area contributed by atoms with E-state index in [1.807, 2.05) is 24.3 Å². The molecule has 1 N–H and O–H groups in total. The smallest absolute Gasteiger partial charge is 0.226 e. The SMILES string of the molecule is O=C1CC(OCc2ccccc2Br)N1. The Labute approximate surface area is 90.6 Å². The van der Waals surface area contributed by atoms with Crippen LogP contribution >= 0.6 is 15.9 Å². The summed E-state index contributed by atoms with van der Waals surface area (Å²) in [6.45, 7) is 0.520. The van der Waals surface area contributed by atoms with Gasteiger partial charge in [0.25, 0.3) is 0 Å². The number of rotatable bonds is 3. The summed E-state index contributed by atoms with van der Waals surface area (Å²) in [5.41, 5.74) is 1.09. The molecule has 0 aliphatic carbocycles. The van der Waals surface area contributed by atoms with Gasteiger partial charge in [-0.2, -0.15) is 0 Å². The first kappa shape index (κ1) is 9.68. The zero-order chi connectivity index (χ0) is 9.97. The highest BCUT2D eigenvalue weighted by Gasteiger charge is 2.25. The molecule has 14 heavy (non-hydrogen) atoms. The van der Waals surface area contributed by atoms with Gasteiger partial charge in [-0.1, -0.05) is 34.1 Å². The molecule has 1 fully saturated rings. The van der Waals surface area contributed by atoms with E-state index in [4.69, 9.17) is 4.74 Å². The molecule has 2 rings (SSSR count). The molecule has 1 amide bonds. The second kappa shape index (κ2) is 4.11. The Morgan fingerprint density at radius 3 is 2.86 bits per heavy atom. The Morgan fingerprint density at radius 1 is 1.50 bits per heavy atom. The van der Waals surface area contributed by atoms with E-state index in [-0.39, 0.29) is 12.1 Å². The summed E-state index contributed by atoms with van der Waals surface area (Å²) in [5.74, 6) is 0.0575. The molecule has 1 unspecified atom stereocenters. The van der Waals surface area contributed by atoms with E-state index >= 15 is 0 Å². The molecule has 0 radical (unpaired) electrons. The summed E-state index contributed by atoms with van der Waals surface area (Å²) in [6.07, 6.45) is 0.374. The van der Waals surface area contributed by atoms with Crippen LogP contribution in [0.25, 0.3) is 0 Å². The Hall–Kier alpha value is -0.870. The summed E-state index contributed by atoms with van der Waals surface area (Å²) in [5, 5.41) is 2.66. The van der Waals surface area contributed by atoms with Crippen LogP contribution in [0.1, 0.15) is 12.0 Å². The maximum atomic E-state index is 10.6. The third-order valence-corrected chi connectivity index (χ3v) is 2.86. The van der Waals surface area contributed by atoms with Gasteiger partial charge in [0, 0.05) is 4.47 Å². The van der Waals surface area contributed by atoms with E-state index in [0.717, 1.165) is 10.0 Å². The average Bonchev–Trinajstić information content (AvgIpc) is 2.13. The van der Waals surface area contributed by atoms with Gasteiger partial charge in [0.1, 0.15) is 6.23 Å². The highest BCUT2D eigenvalue weighted by Crippen LogP contribution is 2.18. The molecule has 0 aromatic heterocycles. The number of β-lactam (4-membered cyclic amide) rings is 1. The molecule has 1 saturated heterocycles. The van der Waals surface area contributed by atoms with E-state index in [1.54, 1.807) is 0 Å². The van der Waals surface area contributed by atoms with E-state index in [9.17, 15) is 4.79 Å². The van der Waals surface area contributed by atoms with Crippen LogP contribution in [0.4, 0.5) is 0 Å². The topological polar surface area (TPSA) is 38.3 Å². The number of nitrogens with one attached hydrogen (secondary N) is 1. The lowest BCUT2D eigenvalue weighted by Crippen LogP contribution is -2.49. The molecule has 1 aliphatic heterocycles. The zero-order valence-electron chi connectivity index (χ0n) is 7.50. The fourth-order valence-electron chi connectivity index (χ4n) is 1.23. The summed E-state index contributed by atoms with van der Waals surface area (Å²) in [7, 11) is 0. The molecule has 0 spiro atoms. The number of carbonyl (C=O) groups excluding carboxylic acids is 1. The summed E-state index contributed by atoms with van der Waals surface area (Å²) < 4.78 is 6.49. The molecular formula is C10H10BrNO2. The zero-order valence-corrected chi connectivity index (χ0v) is 9.08. The number of benzene rings is 1. The molecule has 0 bridgehead atoms. The highest BCUT2D eigenvalue weighted by molar-refractivity contribution is 9.10. The van der Waals surface area contributed by atoms with Crippen LogP contribution in [0.15, 0.2) is 28.7 Å². The largest absolute Gasteiger partial charge is 0.353 e. The lowest BCUT2D eigenvalue weighted by atomic mass is 10.2. The van der Waals surface area contributed by atoms with Crippen LogP contribution in [-0.4, -0.2) is 12.1 Å². The van der Waals surface area contributed by atoms with Crippen LogP contribution in [0.5, 0.6) is 0 Å². The van der Waals surface area contributed by atoms with Gasteiger partial charge < -0.3 is 10.1 Å². The van der Waals surface area contributed by atoms with Crippen molar-refractivity contribution in [3.8, 4) is 0 Å². The van der Waals surface area contributed by atoms with E-state index in [2.05, 4.69) is 21.2 Å². The maximum Gasteiger partial charge on any atom is 0.226 e. The standard InChI is InChI=1S/C10H10BrNO2/c11-8-4-2-1-3-7(8)6-14-10-5-9(13)12-10/h1-4,10H,5-6H2,(H,12,13). The molecule has 4 heteroatoms. The van der Waals surface area contributed by atoms with Gasteiger partial charge in [-0.25, -0.2) is 0 Å². The van der Waals surface area contributed by atoms with Crippen LogP contribution in [0.3, 0.4) is 0 Å². The van der Waals surface area contributed by atoms with E-state index < -0.39 is 0 Å². The second-order valence-electron chi connectivity index (χ2n) is 3.16. The summed E-state index contributed by atoms with van der Waals surface area (Å²) >= 11 is 3.43. The van der Waals surface area contributed by atoms with Gasteiger partial charge in [0.05, 0.1) is 13.0 Å². The van der Waals surface area contributed by atoms with Crippen LogP contribution in [0.2, 0.25) is 0 Å². The minimum absolute atomic E-state index is 0.0575. The molecule has 74 valence electrons. The summed E-state index contributed by atoms with van der Waals surface area (Å²) in [4.78, 5) is 10.6. The Kier molecular flexibility index (Phi) is 2.84. The number of hydrogen-bond donors (Lipinski definition) is 1. The first-order valence-corrected chi connectivity index (χ1v) is 5.19. The van der Waals surface area contributed by atoms with Crippen molar-refractivity contribution in [3.05, 3.63) is 34.3 Å². The van der Waals surface area contributed by atoms with E-state index in [1.165, 1.54) is 0 Å². The fourth-order valence-corrected chi connectivity index (χ4v) is 1.63. The van der Waals surface area contributed by atoms with Crippen LogP contribution < -0.4 is 5.32 Å². The monoisotopic (exact) mass is 255 g/mol. The minimum Gasteiger partial charge on any atom is -0.353 e. The second-order valence-corrected chi connectivity index (χ2v) is 4.02. The average molecular weight is 256 g/mol. The summed E-state index contributed by atoms with van der Waals surface area (Å²) in [6, 6.07) is 7.88. The van der Waals surface area contributed by atoms with Crippen molar-refractivity contribution in [2.75, 3.05) is 0 Å². The van der Waals surface area contributed by atoms with Gasteiger partial charge in [0.2, 0.25) is 5.91 Å². The molecule has 1 heterocycles. The predicted octanol–water partition coefficient (Wildman–Crippen LogP) is 1.81. The Morgan fingerprint density at radius 2 is 2.21 bits per heavy atom. The number of halogens is 1. The molecule has 1 atom stereocenters. The van der Waals surface area contributed by atoms with E-state index in [0.29, 0.717) is 13.0 Å². The van der Waals surface area contributed by atoms with Crippen molar-refractivity contribution in [2.45, 2.75) is 19.3 Å². The lowest BCUT2D eigenvalue weighted by molar-refractivity contribution is -0.141. The Balaban J connectivity index is 1.86. The highest BCUT2D eigenvalue weighted by atomic mass is 79.9. The first-order chi connectivity index (χ1) is 6.75. The van der Waals surface area contributed by atoms with Crippen LogP contribution in [-0.2, 0) is 16.1 Å². The van der Waals surface area contributed by atoms with Crippen molar-refractivity contribution in [3.63, 3.8) is 0 Å². The molecular weight excluding hydrogens is 246 g/mol. The molecule has 1 aliphatic rings. The number of hydrogen-bond acceptors (Lipinski definition) is 2. The van der Waals surface area contributed by atoms with Crippen molar-refractivity contribution >= 4 is 21.8 Å². The maximum absolute atomic E-state index is 10.6. The van der Waals surface area contributed by atoms with Crippen LogP contribution in [0, 0.1) is 0 Å². The van der Waals surface area contributed by atoms with Gasteiger partial charge >= 0.3 is 0 Å². The van der Waals surface area contributed by atoms with Crippen molar-refractivity contribution < 1.29 is 9.53 Å². The number of carbonyl (C=O) groups is 1. The van der Waals surface area contributed by atoms with Gasteiger partial charge in [-0.05, 0) is 11.6 Å². The lowest BCUT2D eigenvalue weighted by Gasteiger charge is -2.26. The van der Waals surface area contributed by atoms with Gasteiger partial charge in [0.15, 0.2) is 0 Å². The fraction of sp³-hybridized carbons (Fsp3) is 0.300. The molecule has 1 aromatic rings. The normalized spacial score (nSPS) is 20.1. The quantitative estimate of drug-likeness (QED) is 0.837. The third kappa shape index (κ3) is 2.13. The Bertz CT molecular complexity index is 346. The molecule has 1 aromatic carbocycles. The van der Waals surface area contributed by atoms with Gasteiger partial charge in [-0.3, -0.25) is 4.79 Å². The predicted molar refractivity (Wildman–Crippen MR) is 55.5 cm³/mol. The number of amides is 1. The van der Waals surface area contributed by atoms with Gasteiger partial charge in [-0.15, -0.1) is 0 Å². The number of ether oxygens (including phenoxy) is 1. The first-order valence-electron chi connectivity index (χ1n) is 4.40. The van der Waals surface area contributed by atoms with Crippen molar-refractivity contribution in [2.24, 2.45) is 0 Å². The van der Waals surface area contributed by atoms with Crippen molar-refractivity contribution in [1.29, 1.82) is 0 Å². The van der Waals surface area contributed by atoms with Crippen molar-refractivity contribution in [1.82, 2.24) is 5.32 Å². The third-order valence-electron chi connectivity index (χ3n) is 2.09.